The zero-order valence-electron chi connectivity index (χ0n) is 10.5. The number of carbonyl (C=O) groups excluding carboxylic acids is 1. The van der Waals surface area contributed by atoms with Crippen molar-refractivity contribution in [3.8, 4) is 5.75 Å². The van der Waals surface area contributed by atoms with Crippen LogP contribution >= 0.6 is 0 Å². The van der Waals surface area contributed by atoms with E-state index in [1.807, 2.05) is 38.1 Å². The van der Waals surface area contributed by atoms with E-state index >= 15 is 0 Å². The van der Waals surface area contributed by atoms with Crippen molar-refractivity contribution in [3.63, 3.8) is 0 Å². The minimum Gasteiger partial charge on any atom is -0.493 e. The van der Waals surface area contributed by atoms with Crippen molar-refractivity contribution in [2.24, 2.45) is 0 Å². The van der Waals surface area contributed by atoms with Crippen LogP contribution in [-0.2, 0) is 0 Å². The van der Waals surface area contributed by atoms with Gasteiger partial charge < -0.3 is 4.74 Å². The van der Waals surface area contributed by atoms with Crippen molar-refractivity contribution in [2.45, 2.75) is 13.8 Å². The number of nitrogens with zero attached hydrogens (tertiary/aromatic N) is 1. The number of hydrogen-bond acceptors (Lipinski definition) is 3. The topological polar surface area (TPSA) is 39.2 Å². The lowest BCUT2D eigenvalue weighted by atomic mass is 10.0. The average molecular weight is 241 g/mol. The largest absolute Gasteiger partial charge is 0.493 e. The lowest BCUT2D eigenvalue weighted by Gasteiger charge is -2.09. The molecule has 2 aromatic rings. The van der Waals surface area contributed by atoms with Gasteiger partial charge in [-0.1, -0.05) is 18.2 Å². The molecular weight excluding hydrogens is 226 g/mol. The summed E-state index contributed by atoms with van der Waals surface area (Å²) >= 11 is 0. The molecular formula is C15H15NO2. The second-order valence-corrected chi connectivity index (χ2v) is 3.93. The van der Waals surface area contributed by atoms with Crippen LogP contribution in [0.4, 0.5) is 0 Å². The maximum Gasteiger partial charge on any atom is 0.215 e. The summed E-state index contributed by atoms with van der Waals surface area (Å²) in [6, 6.07) is 10.9. The number of rotatable bonds is 4. The maximum atomic E-state index is 12.4. The minimum atomic E-state index is -0.0999. The zero-order chi connectivity index (χ0) is 13.0. The molecule has 3 heteroatoms. The molecule has 0 aliphatic rings. The average Bonchev–Trinajstić information content (AvgIpc) is 2.40. The molecule has 0 saturated heterocycles. The number of ketones is 1. The molecule has 1 heterocycles. The molecule has 0 aliphatic carbocycles. The van der Waals surface area contributed by atoms with Gasteiger partial charge in [-0.05, 0) is 37.6 Å². The molecule has 0 saturated carbocycles. The molecule has 92 valence electrons. The second kappa shape index (κ2) is 5.45. The van der Waals surface area contributed by atoms with Crippen molar-refractivity contribution in [2.75, 3.05) is 6.61 Å². The third-order valence-corrected chi connectivity index (χ3v) is 2.66. The molecule has 2 rings (SSSR count). The molecule has 18 heavy (non-hydrogen) atoms. The van der Waals surface area contributed by atoms with Crippen LogP contribution in [0.3, 0.4) is 0 Å². The highest BCUT2D eigenvalue weighted by atomic mass is 16.5. The molecule has 3 nitrogen and oxygen atoms in total. The van der Waals surface area contributed by atoms with E-state index in [0.717, 1.165) is 5.56 Å². The first-order chi connectivity index (χ1) is 8.74. The number of hydrogen-bond donors (Lipinski definition) is 0. The number of ether oxygens (including phenoxy) is 1. The quantitative estimate of drug-likeness (QED) is 0.772. The Morgan fingerprint density at radius 3 is 2.72 bits per heavy atom. The zero-order valence-corrected chi connectivity index (χ0v) is 10.5. The summed E-state index contributed by atoms with van der Waals surface area (Å²) in [5.74, 6) is 0.507. The third kappa shape index (κ3) is 2.40. The molecule has 0 fully saturated rings. The Morgan fingerprint density at radius 2 is 2.00 bits per heavy atom. The Labute approximate surface area is 106 Å². The summed E-state index contributed by atoms with van der Waals surface area (Å²) in [7, 11) is 0. The number of benzene rings is 1. The maximum absolute atomic E-state index is 12.4. The molecule has 1 aromatic carbocycles. The van der Waals surface area contributed by atoms with E-state index in [1.54, 1.807) is 18.3 Å². The fourth-order valence-electron chi connectivity index (χ4n) is 1.79. The molecule has 0 aliphatic heterocycles. The van der Waals surface area contributed by atoms with Crippen LogP contribution in [0.25, 0.3) is 0 Å². The smallest absolute Gasteiger partial charge is 0.215 e. The summed E-state index contributed by atoms with van der Waals surface area (Å²) in [6.07, 6.45) is 1.63. The molecule has 0 atom stereocenters. The fraction of sp³-hybridized carbons (Fsp3) is 0.200. The summed E-state index contributed by atoms with van der Waals surface area (Å²) in [6.45, 7) is 4.31. The molecule has 1 aromatic heterocycles. The van der Waals surface area contributed by atoms with Gasteiger partial charge >= 0.3 is 0 Å². The van der Waals surface area contributed by atoms with Gasteiger partial charge in [-0.3, -0.25) is 9.78 Å². The van der Waals surface area contributed by atoms with Crippen LogP contribution in [0, 0.1) is 6.92 Å². The van der Waals surface area contributed by atoms with Gasteiger partial charge in [0.1, 0.15) is 11.4 Å². The van der Waals surface area contributed by atoms with Crippen LogP contribution in [0.5, 0.6) is 5.75 Å². The van der Waals surface area contributed by atoms with Crippen molar-refractivity contribution in [1.29, 1.82) is 0 Å². The summed E-state index contributed by atoms with van der Waals surface area (Å²) in [5, 5.41) is 0. The van der Waals surface area contributed by atoms with Crippen LogP contribution in [0.1, 0.15) is 28.5 Å². The Hall–Kier alpha value is -2.16. The lowest BCUT2D eigenvalue weighted by Crippen LogP contribution is -2.08. The number of carbonyl (C=O) groups is 1. The van der Waals surface area contributed by atoms with Gasteiger partial charge in [-0.2, -0.15) is 0 Å². The number of aryl methyl sites for hydroxylation is 1. The first kappa shape index (κ1) is 12.3. The standard InChI is InChI=1S/C15H15NO2/c1-3-18-13-9-5-4-8-12(13)15(17)14-11(2)7-6-10-16-14/h4-10H,3H2,1-2H3. The number of pyridine rings is 1. The highest BCUT2D eigenvalue weighted by molar-refractivity contribution is 6.10. The Balaban J connectivity index is 2.43. The van der Waals surface area contributed by atoms with Gasteiger partial charge in [0.25, 0.3) is 0 Å². The van der Waals surface area contributed by atoms with Crippen molar-refractivity contribution in [3.05, 3.63) is 59.4 Å². The lowest BCUT2D eigenvalue weighted by molar-refractivity contribution is 0.103. The minimum absolute atomic E-state index is 0.0999. The van der Waals surface area contributed by atoms with Crippen LogP contribution < -0.4 is 4.74 Å². The van der Waals surface area contributed by atoms with Gasteiger partial charge in [-0.25, -0.2) is 0 Å². The van der Waals surface area contributed by atoms with E-state index in [2.05, 4.69) is 4.98 Å². The second-order valence-electron chi connectivity index (χ2n) is 3.93. The van der Waals surface area contributed by atoms with Crippen molar-refractivity contribution >= 4 is 5.78 Å². The van der Waals surface area contributed by atoms with Gasteiger partial charge in [-0.15, -0.1) is 0 Å². The van der Waals surface area contributed by atoms with Crippen LogP contribution in [0.15, 0.2) is 42.6 Å². The fourth-order valence-corrected chi connectivity index (χ4v) is 1.79. The third-order valence-electron chi connectivity index (χ3n) is 2.66. The van der Waals surface area contributed by atoms with Gasteiger partial charge in [0.05, 0.1) is 12.2 Å². The SMILES string of the molecule is CCOc1ccccc1C(=O)c1ncccc1C. The predicted molar refractivity (Wildman–Crippen MR) is 70.0 cm³/mol. The van der Waals surface area contributed by atoms with Crippen LogP contribution in [0.2, 0.25) is 0 Å². The Bertz CT molecular complexity index is 564. The van der Waals surface area contributed by atoms with E-state index in [1.165, 1.54) is 0 Å². The van der Waals surface area contributed by atoms with E-state index in [0.29, 0.717) is 23.6 Å². The van der Waals surface area contributed by atoms with E-state index in [9.17, 15) is 4.79 Å². The highest BCUT2D eigenvalue weighted by Gasteiger charge is 2.16. The molecule has 0 spiro atoms. The van der Waals surface area contributed by atoms with Crippen LogP contribution in [-0.4, -0.2) is 17.4 Å². The van der Waals surface area contributed by atoms with Crippen molar-refractivity contribution < 1.29 is 9.53 Å². The molecule has 0 amide bonds. The predicted octanol–water partition coefficient (Wildman–Crippen LogP) is 3.02. The summed E-state index contributed by atoms with van der Waals surface area (Å²) < 4.78 is 5.47. The first-order valence-corrected chi connectivity index (χ1v) is 5.92. The molecule has 0 radical (unpaired) electrons. The first-order valence-electron chi connectivity index (χ1n) is 5.92. The number of aromatic nitrogens is 1. The molecule has 0 unspecified atom stereocenters. The molecule has 0 N–H and O–H groups in total. The number of para-hydroxylation sites is 1. The summed E-state index contributed by atoms with van der Waals surface area (Å²) in [5.41, 5.74) is 1.90. The Kier molecular flexibility index (Phi) is 3.72. The van der Waals surface area contributed by atoms with E-state index in [-0.39, 0.29) is 5.78 Å². The van der Waals surface area contributed by atoms with Gasteiger partial charge in [0, 0.05) is 6.20 Å². The van der Waals surface area contributed by atoms with E-state index < -0.39 is 0 Å². The highest BCUT2D eigenvalue weighted by Crippen LogP contribution is 2.21. The summed E-state index contributed by atoms with van der Waals surface area (Å²) in [4.78, 5) is 16.6. The van der Waals surface area contributed by atoms with Gasteiger partial charge in [0.2, 0.25) is 5.78 Å². The Morgan fingerprint density at radius 1 is 1.22 bits per heavy atom. The van der Waals surface area contributed by atoms with Gasteiger partial charge in [0.15, 0.2) is 0 Å². The van der Waals surface area contributed by atoms with Crippen molar-refractivity contribution in [1.82, 2.24) is 4.98 Å². The van der Waals surface area contributed by atoms with E-state index in [4.69, 9.17) is 4.74 Å². The monoisotopic (exact) mass is 241 g/mol. The normalized spacial score (nSPS) is 10.1. The molecule has 0 bridgehead atoms.